The number of nitriles is 1. The fourth-order valence-electron chi connectivity index (χ4n) is 0.664. The molecule has 1 heterocycles. The van der Waals surface area contributed by atoms with Crippen LogP contribution in [-0.4, -0.2) is 5.11 Å². The van der Waals surface area contributed by atoms with Crippen molar-refractivity contribution in [1.29, 1.82) is 5.26 Å². The van der Waals surface area contributed by atoms with Gasteiger partial charge in [0.2, 0.25) is 0 Å². The Morgan fingerprint density at radius 1 is 1.70 bits per heavy atom. The normalized spacial score (nSPS) is 12.5. The second-order valence-corrected chi connectivity index (χ2v) is 1.98. The molecule has 0 spiro atoms. The first-order valence-electron chi connectivity index (χ1n) is 2.88. The molecule has 0 aliphatic rings. The molecule has 1 atom stereocenters. The Morgan fingerprint density at radius 3 is 2.80 bits per heavy atom. The summed E-state index contributed by atoms with van der Waals surface area (Å²) in [7, 11) is 0. The van der Waals surface area contributed by atoms with E-state index in [1.807, 2.05) is 0 Å². The van der Waals surface area contributed by atoms with Crippen molar-refractivity contribution in [2.45, 2.75) is 13.0 Å². The average molecular weight is 137 g/mol. The van der Waals surface area contributed by atoms with E-state index in [2.05, 4.69) is 0 Å². The minimum absolute atomic E-state index is 0.306. The maximum atomic E-state index is 8.89. The lowest BCUT2D eigenvalue weighted by molar-refractivity contribution is 0.202. The van der Waals surface area contributed by atoms with E-state index in [0.717, 1.165) is 0 Å². The maximum absolute atomic E-state index is 8.89. The first-order valence-corrected chi connectivity index (χ1v) is 2.88. The van der Waals surface area contributed by atoms with Crippen LogP contribution >= 0.6 is 0 Å². The number of furan rings is 1. The zero-order valence-electron chi connectivity index (χ0n) is 5.53. The van der Waals surface area contributed by atoms with Crippen molar-refractivity contribution in [2.24, 2.45) is 0 Å². The smallest absolute Gasteiger partial charge is 0.198 e. The van der Waals surface area contributed by atoms with Crippen LogP contribution in [0.5, 0.6) is 0 Å². The molecule has 0 fully saturated rings. The standard InChI is InChI=1S/C7H7NO2/c1-5-2-3-7(10-5)6(9)4-8/h2-3,6,9H,1H3/t6-/m1/s1. The highest BCUT2D eigenvalue weighted by atomic mass is 16.4. The Balaban J connectivity index is 2.87. The number of hydrogen-bond acceptors (Lipinski definition) is 3. The van der Waals surface area contributed by atoms with Crippen LogP contribution in [0.25, 0.3) is 0 Å². The number of aliphatic hydroxyl groups is 1. The van der Waals surface area contributed by atoms with Gasteiger partial charge in [0.05, 0.1) is 0 Å². The summed E-state index contributed by atoms with van der Waals surface area (Å²) in [6.07, 6.45) is -1.13. The highest BCUT2D eigenvalue weighted by molar-refractivity contribution is 5.12. The topological polar surface area (TPSA) is 57.2 Å². The fourth-order valence-corrected chi connectivity index (χ4v) is 0.664. The quantitative estimate of drug-likeness (QED) is 0.590. The van der Waals surface area contributed by atoms with Gasteiger partial charge in [-0.25, -0.2) is 0 Å². The van der Waals surface area contributed by atoms with Crippen molar-refractivity contribution < 1.29 is 9.52 Å². The molecule has 0 saturated carbocycles. The lowest BCUT2D eigenvalue weighted by atomic mass is 10.3. The monoisotopic (exact) mass is 137 g/mol. The van der Waals surface area contributed by atoms with Crippen LogP contribution in [0.3, 0.4) is 0 Å². The van der Waals surface area contributed by atoms with Gasteiger partial charge in [0.25, 0.3) is 0 Å². The van der Waals surface area contributed by atoms with E-state index in [0.29, 0.717) is 11.5 Å². The maximum Gasteiger partial charge on any atom is 0.198 e. The van der Waals surface area contributed by atoms with Gasteiger partial charge in [-0.1, -0.05) is 0 Å². The van der Waals surface area contributed by atoms with E-state index in [9.17, 15) is 0 Å². The fraction of sp³-hybridized carbons (Fsp3) is 0.286. The number of aliphatic hydroxyl groups excluding tert-OH is 1. The summed E-state index contributed by atoms with van der Waals surface area (Å²) in [6, 6.07) is 4.95. The van der Waals surface area contributed by atoms with Crippen molar-refractivity contribution in [3.05, 3.63) is 23.7 Å². The molecule has 0 aliphatic heterocycles. The van der Waals surface area contributed by atoms with E-state index in [4.69, 9.17) is 14.8 Å². The second-order valence-electron chi connectivity index (χ2n) is 1.98. The third-order valence-corrected chi connectivity index (χ3v) is 1.15. The average Bonchev–Trinajstić information content (AvgIpc) is 2.34. The molecule has 10 heavy (non-hydrogen) atoms. The molecule has 52 valence electrons. The molecule has 1 aromatic rings. The van der Waals surface area contributed by atoms with Gasteiger partial charge >= 0.3 is 0 Å². The molecule has 0 radical (unpaired) electrons. The number of hydrogen-bond donors (Lipinski definition) is 1. The van der Waals surface area contributed by atoms with E-state index >= 15 is 0 Å². The third-order valence-electron chi connectivity index (χ3n) is 1.15. The molecular formula is C7H7NO2. The van der Waals surface area contributed by atoms with Crippen molar-refractivity contribution in [1.82, 2.24) is 0 Å². The summed E-state index contributed by atoms with van der Waals surface area (Å²) >= 11 is 0. The van der Waals surface area contributed by atoms with Gasteiger partial charge < -0.3 is 9.52 Å². The summed E-state index contributed by atoms with van der Waals surface area (Å²) in [5, 5.41) is 17.1. The molecule has 0 unspecified atom stereocenters. The lowest BCUT2D eigenvalue weighted by Gasteiger charge is -1.92. The summed E-state index contributed by atoms with van der Waals surface area (Å²) in [5.41, 5.74) is 0. The predicted molar refractivity (Wildman–Crippen MR) is 34.0 cm³/mol. The van der Waals surface area contributed by atoms with Crippen molar-refractivity contribution in [3.8, 4) is 6.07 Å². The van der Waals surface area contributed by atoms with E-state index < -0.39 is 6.10 Å². The van der Waals surface area contributed by atoms with Gasteiger partial charge in [-0.2, -0.15) is 5.26 Å². The molecule has 0 bridgehead atoms. The Hall–Kier alpha value is -1.27. The highest BCUT2D eigenvalue weighted by Crippen LogP contribution is 2.14. The number of rotatable bonds is 1. The molecule has 0 amide bonds. The van der Waals surface area contributed by atoms with Crippen LogP contribution in [0.15, 0.2) is 16.5 Å². The van der Waals surface area contributed by atoms with Crippen LogP contribution in [0, 0.1) is 18.3 Å². The molecule has 0 aromatic carbocycles. The summed E-state index contributed by atoms with van der Waals surface area (Å²) < 4.78 is 4.96. The Bertz CT molecular complexity index is 259. The lowest BCUT2D eigenvalue weighted by Crippen LogP contribution is -1.88. The van der Waals surface area contributed by atoms with Crippen LogP contribution in [0.2, 0.25) is 0 Å². The second kappa shape index (κ2) is 2.54. The minimum atomic E-state index is -1.13. The number of aryl methyl sites for hydroxylation is 1. The van der Waals surface area contributed by atoms with Gasteiger partial charge in [-0.15, -0.1) is 0 Å². The molecule has 0 aliphatic carbocycles. The van der Waals surface area contributed by atoms with Crippen LogP contribution in [0.4, 0.5) is 0 Å². The van der Waals surface area contributed by atoms with Crippen molar-refractivity contribution in [3.63, 3.8) is 0 Å². The zero-order valence-corrected chi connectivity index (χ0v) is 5.53. The third kappa shape index (κ3) is 1.17. The molecule has 3 heteroatoms. The van der Waals surface area contributed by atoms with Crippen LogP contribution in [0.1, 0.15) is 17.6 Å². The molecular weight excluding hydrogens is 130 g/mol. The Kier molecular flexibility index (Phi) is 1.74. The SMILES string of the molecule is Cc1ccc([C@H](O)C#N)o1. The van der Waals surface area contributed by atoms with Crippen molar-refractivity contribution >= 4 is 0 Å². The molecule has 1 rings (SSSR count). The largest absolute Gasteiger partial charge is 0.462 e. The minimum Gasteiger partial charge on any atom is -0.462 e. The molecule has 0 saturated heterocycles. The highest BCUT2D eigenvalue weighted by Gasteiger charge is 2.08. The predicted octanol–water partition coefficient (Wildman–Crippen LogP) is 1.14. The van der Waals surface area contributed by atoms with E-state index in [-0.39, 0.29) is 0 Å². The van der Waals surface area contributed by atoms with Gasteiger partial charge in [-0.3, -0.25) is 0 Å². The molecule has 1 aromatic heterocycles. The van der Waals surface area contributed by atoms with Gasteiger partial charge in [0.15, 0.2) is 6.10 Å². The number of nitrogens with zero attached hydrogens (tertiary/aromatic N) is 1. The van der Waals surface area contributed by atoms with Gasteiger partial charge in [0.1, 0.15) is 17.6 Å². The molecule has 3 nitrogen and oxygen atoms in total. The van der Waals surface area contributed by atoms with Gasteiger partial charge in [0, 0.05) is 0 Å². The zero-order chi connectivity index (χ0) is 7.56. The first kappa shape index (κ1) is 6.84. The van der Waals surface area contributed by atoms with Crippen LogP contribution in [-0.2, 0) is 0 Å². The summed E-state index contributed by atoms with van der Waals surface area (Å²) in [6.45, 7) is 1.76. The van der Waals surface area contributed by atoms with Gasteiger partial charge in [-0.05, 0) is 19.1 Å². The summed E-state index contributed by atoms with van der Waals surface area (Å²) in [5.74, 6) is 1.00. The summed E-state index contributed by atoms with van der Waals surface area (Å²) in [4.78, 5) is 0. The Labute approximate surface area is 58.5 Å². The van der Waals surface area contributed by atoms with E-state index in [1.54, 1.807) is 25.1 Å². The van der Waals surface area contributed by atoms with Crippen molar-refractivity contribution in [2.75, 3.05) is 0 Å². The first-order chi connectivity index (χ1) is 4.74. The van der Waals surface area contributed by atoms with E-state index in [1.165, 1.54) is 0 Å². The molecule has 1 N–H and O–H groups in total. The Morgan fingerprint density at radius 2 is 2.40 bits per heavy atom. The van der Waals surface area contributed by atoms with Crippen LogP contribution < -0.4 is 0 Å².